The van der Waals surface area contributed by atoms with E-state index in [1.54, 1.807) is 0 Å². The summed E-state index contributed by atoms with van der Waals surface area (Å²) in [6.45, 7) is 8.74. The molecule has 0 bridgehead atoms. The quantitative estimate of drug-likeness (QED) is 0.741. The first kappa shape index (κ1) is 17.9. The molecule has 2 N–H and O–H groups in total. The van der Waals surface area contributed by atoms with Gasteiger partial charge in [0.15, 0.2) is 0 Å². The van der Waals surface area contributed by atoms with Crippen molar-refractivity contribution in [3.05, 3.63) is 62.7 Å². The van der Waals surface area contributed by atoms with Crippen molar-refractivity contribution in [2.75, 3.05) is 0 Å². The van der Waals surface area contributed by atoms with Crippen molar-refractivity contribution >= 4 is 16.8 Å². The van der Waals surface area contributed by atoms with Crippen molar-refractivity contribution in [3.63, 3.8) is 0 Å². The molecule has 0 spiro atoms. The Labute approximate surface area is 152 Å². The van der Waals surface area contributed by atoms with Crippen molar-refractivity contribution < 1.29 is 4.79 Å². The monoisotopic (exact) mass is 352 g/mol. The molecule has 6 heteroatoms. The first-order valence-electron chi connectivity index (χ1n) is 8.85. The van der Waals surface area contributed by atoms with Crippen LogP contribution in [0.3, 0.4) is 0 Å². The van der Waals surface area contributed by atoms with Crippen molar-refractivity contribution in [2.24, 2.45) is 0 Å². The first-order valence-corrected chi connectivity index (χ1v) is 8.85. The number of fused-ring (bicyclic) bond motifs is 1. The number of carbonyl (C=O) groups is 1. The number of rotatable bonds is 5. The summed E-state index contributed by atoms with van der Waals surface area (Å²) >= 11 is 0. The van der Waals surface area contributed by atoms with Gasteiger partial charge in [-0.3, -0.25) is 14.3 Å². The predicted molar refractivity (Wildman–Crippen MR) is 102 cm³/mol. The highest BCUT2D eigenvalue weighted by atomic mass is 16.2. The van der Waals surface area contributed by atoms with Gasteiger partial charge in [0.05, 0.1) is 11.3 Å². The number of nitrogens with one attached hydrogen (secondary N) is 2. The lowest BCUT2D eigenvalue weighted by atomic mass is 10.1. The fourth-order valence-corrected chi connectivity index (χ4v) is 3.21. The summed E-state index contributed by atoms with van der Waals surface area (Å²) in [6, 6.07) is 7.73. The van der Waals surface area contributed by atoms with E-state index < -0.39 is 0 Å². The van der Waals surface area contributed by atoms with E-state index in [0.29, 0.717) is 16.8 Å². The van der Waals surface area contributed by atoms with Gasteiger partial charge in [-0.2, -0.15) is 5.10 Å². The minimum atomic E-state index is -0.203. The van der Waals surface area contributed by atoms with Crippen molar-refractivity contribution in [2.45, 2.75) is 47.2 Å². The maximum atomic E-state index is 12.6. The Morgan fingerprint density at radius 3 is 2.73 bits per heavy atom. The van der Waals surface area contributed by atoms with Crippen LogP contribution in [0.1, 0.15) is 46.2 Å². The van der Waals surface area contributed by atoms with Crippen LogP contribution >= 0.6 is 0 Å². The number of pyridine rings is 1. The first-order chi connectivity index (χ1) is 12.4. The molecule has 0 radical (unpaired) electrons. The summed E-state index contributed by atoms with van der Waals surface area (Å²) < 4.78 is 1.86. The Bertz CT molecular complexity index is 1030. The van der Waals surface area contributed by atoms with Gasteiger partial charge in [0.2, 0.25) is 0 Å². The Kier molecular flexibility index (Phi) is 4.93. The molecule has 0 aliphatic carbocycles. The van der Waals surface area contributed by atoms with E-state index in [1.165, 1.54) is 0 Å². The average Bonchev–Trinajstić information content (AvgIpc) is 2.87. The third-order valence-corrected chi connectivity index (χ3v) is 4.56. The summed E-state index contributed by atoms with van der Waals surface area (Å²) in [5, 5.41) is 8.23. The molecule has 3 rings (SSSR count). The Balaban J connectivity index is 1.82. The Morgan fingerprint density at radius 2 is 2.00 bits per heavy atom. The third-order valence-electron chi connectivity index (χ3n) is 4.56. The second-order valence-corrected chi connectivity index (χ2v) is 6.67. The van der Waals surface area contributed by atoms with Crippen LogP contribution in [0, 0.1) is 20.8 Å². The third kappa shape index (κ3) is 3.40. The topological polar surface area (TPSA) is 79.8 Å². The maximum absolute atomic E-state index is 12.6. The minimum absolute atomic E-state index is 0.176. The zero-order valence-corrected chi connectivity index (χ0v) is 15.6. The van der Waals surface area contributed by atoms with Gasteiger partial charge in [-0.15, -0.1) is 0 Å². The van der Waals surface area contributed by atoms with E-state index in [2.05, 4.69) is 22.3 Å². The minimum Gasteiger partial charge on any atom is -0.348 e. The predicted octanol–water partition coefficient (Wildman–Crippen LogP) is 2.99. The molecule has 3 aromatic rings. The summed E-state index contributed by atoms with van der Waals surface area (Å²) in [4.78, 5) is 27.8. The molecule has 0 aliphatic rings. The van der Waals surface area contributed by atoms with Crippen molar-refractivity contribution in [1.29, 1.82) is 0 Å². The Hall–Kier alpha value is -2.89. The van der Waals surface area contributed by atoms with Crippen LogP contribution in [0.5, 0.6) is 0 Å². The zero-order valence-electron chi connectivity index (χ0n) is 15.6. The molecule has 1 amide bonds. The van der Waals surface area contributed by atoms with Crippen molar-refractivity contribution in [3.8, 4) is 0 Å². The number of aromatic nitrogens is 3. The van der Waals surface area contributed by atoms with Gasteiger partial charge < -0.3 is 10.3 Å². The molecule has 0 unspecified atom stereocenters. The molecule has 2 heterocycles. The van der Waals surface area contributed by atoms with Crippen LogP contribution in [-0.4, -0.2) is 20.7 Å². The molecular formula is C20H24N4O2. The number of hydrogen-bond donors (Lipinski definition) is 2. The number of amides is 1. The fourth-order valence-electron chi connectivity index (χ4n) is 3.21. The molecule has 2 aromatic heterocycles. The lowest BCUT2D eigenvalue weighted by Gasteiger charge is -2.07. The number of H-pyrrole nitrogens is 1. The second kappa shape index (κ2) is 7.15. The van der Waals surface area contributed by atoms with E-state index in [4.69, 9.17) is 0 Å². The highest BCUT2D eigenvalue weighted by Crippen LogP contribution is 2.15. The van der Waals surface area contributed by atoms with Gasteiger partial charge in [-0.25, -0.2) is 0 Å². The van der Waals surface area contributed by atoms with E-state index >= 15 is 0 Å². The highest BCUT2D eigenvalue weighted by Gasteiger charge is 2.18. The number of carbonyl (C=O) groups excluding carboxylic acids is 1. The van der Waals surface area contributed by atoms with E-state index in [1.807, 2.05) is 49.7 Å². The summed E-state index contributed by atoms with van der Waals surface area (Å²) in [5.41, 5.74) is 4.39. The molecular weight excluding hydrogens is 328 g/mol. The lowest BCUT2D eigenvalue weighted by molar-refractivity contribution is 0.0949. The van der Waals surface area contributed by atoms with Gasteiger partial charge in [-0.05, 0) is 50.3 Å². The molecule has 0 atom stereocenters. The summed E-state index contributed by atoms with van der Waals surface area (Å²) in [5.74, 6) is -0.203. The molecule has 1 aromatic carbocycles. The molecule has 136 valence electrons. The summed E-state index contributed by atoms with van der Waals surface area (Å²) in [6.07, 6.45) is 0.953. The van der Waals surface area contributed by atoms with Gasteiger partial charge in [0, 0.05) is 29.9 Å². The molecule has 0 fully saturated rings. The average molecular weight is 352 g/mol. The number of aryl methyl sites for hydroxylation is 3. The van der Waals surface area contributed by atoms with Gasteiger partial charge >= 0.3 is 0 Å². The van der Waals surface area contributed by atoms with Crippen LogP contribution < -0.4 is 10.9 Å². The van der Waals surface area contributed by atoms with Crippen LogP contribution in [0.4, 0.5) is 0 Å². The number of hydrogen-bond acceptors (Lipinski definition) is 3. The fraction of sp³-hybridized carbons (Fsp3) is 0.350. The summed E-state index contributed by atoms with van der Waals surface area (Å²) in [7, 11) is 0. The second-order valence-electron chi connectivity index (χ2n) is 6.67. The molecule has 6 nitrogen and oxygen atoms in total. The van der Waals surface area contributed by atoms with E-state index in [9.17, 15) is 9.59 Å². The van der Waals surface area contributed by atoms with Crippen LogP contribution in [0.2, 0.25) is 0 Å². The molecule has 0 saturated heterocycles. The Morgan fingerprint density at radius 1 is 1.23 bits per heavy atom. The largest absolute Gasteiger partial charge is 0.348 e. The smallest absolute Gasteiger partial charge is 0.255 e. The number of benzene rings is 1. The van der Waals surface area contributed by atoms with Crippen LogP contribution in [0.25, 0.3) is 10.9 Å². The van der Waals surface area contributed by atoms with Crippen LogP contribution in [-0.2, 0) is 13.1 Å². The lowest BCUT2D eigenvalue weighted by Crippen LogP contribution is -2.27. The highest BCUT2D eigenvalue weighted by molar-refractivity contribution is 5.96. The van der Waals surface area contributed by atoms with Gasteiger partial charge in [-0.1, -0.05) is 19.1 Å². The SMILES string of the molecule is CCCn1nc(C)c(C(=O)NCc2cc3ccc(C)cc3[nH]c2=O)c1C. The molecule has 26 heavy (non-hydrogen) atoms. The van der Waals surface area contributed by atoms with Gasteiger partial charge in [0.25, 0.3) is 11.5 Å². The van der Waals surface area contributed by atoms with Crippen molar-refractivity contribution in [1.82, 2.24) is 20.1 Å². The number of nitrogens with zero attached hydrogens (tertiary/aromatic N) is 2. The van der Waals surface area contributed by atoms with E-state index in [0.717, 1.165) is 35.1 Å². The zero-order chi connectivity index (χ0) is 18.8. The maximum Gasteiger partial charge on any atom is 0.255 e. The standard InChI is InChI=1S/C20H24N4O2/c1-5-8-24-14(4)18(13(3)23-24)20(26)21-11-16-10-15-7-6-12(2)9-17(15)22-19(16)25/h6-7,9-10H,5,8,11H2,1-4H3,(H,21,26)(H,22,25). The number of aromatic amines is 1. The van der Waals surface area contributed by atoms with Crippen LogP contribution in [0.15, 0.2) is 29.1 Å². The van der Waals surface area contributed by atoms with Gasteiger partial charge in [0.1, 0.15) is 0 Å². The normalized spacial score (nSPS) is 11.1. The molecule has 0 saturated carbocycles. The molecule has 0 aliphatic heterocycles. The van der Waals surface area contributed by atoms with E-state index in [-0.39, 0.29) is 18.0 Å².